The highest BCUT2D eigenvalue weighted by molar-refractivity contribution is 6.29. The Labute approximate surface area is 110 Å². The number of rotatable bonds is 2. The van der Waals surface area contributed by atoms with Gasteiger partial charge in [0.25, 0.3) is 5.91 Å². The minimum atomic E-state index is -0.300. The Hall–Kier alpha value is -1.94. The molecule has 1 N–H and O–H groups in total. The highest BCUT2D eigenvalue weighted by Gasteiger charge is 2.09. The van der Waals surface area contributed by atoms with Crippen LogP contribution < -0.4 is 5.32 Å². The van der Waals surface area contributed by atoms with E-state index in [0.717, 1.165) is 11.4 Å². The van der Waals surface area contributed by atoms with Crippen molar-refractivity contribution in [2.45, 2.75) is 13.8 Å². The molecule has 0 aromatic carbocycles. The molecule has 0 aliphatic carbocycles. The Morgan fingerprint density at radius 1 is 1.17 bits per heavy atom. The second-order valence-electron chi connectivity index (χ2n) is 3.89. The van der Waals surface area contributed by atoms with Gasteiger partial charge in [-0.3, -0.25) is 9.78 Å². The van der Waals surface area contributed by atoms with Crippen molar-refractivity contribution in [3.05, 3.63) is 52.6 Å². The van der Waals surface area contributed by atoms with E-state index in [1.807, 2.05) is 26.0 Å². The largest absolute Gasteiger partial charge is 0.319 e. The van der Waals surface area contributed by atoms with E-state index in [4.69, 9.17) is 11.6 Å². The molecular formula is C13H12ClN3O. The van der Waals surface area contributed by atoms with Crippen LogP contribution in [0.3, 0.4) is 0 Å². The lowest BCUT2D eigenvalue weighted by molar-refractivity contribution is 0.102. The van der Waals surface area contributed by atoms with Gasteiger partial charge in [-0.05, 0) is 38.1 Å². The van der Waals surface area contributed by atoms with Crippen LogP contribution in [-0.4, -0.2) is 15.9 Å². The molecule has 0 saturated carbocycles. The number of hydrogen-bond donors (Lipinski definition) is 1. The van der Waals surface area contributed by atoms with Crippen molar-refractivity contribution in [3.8, 4) is 0 Å². The summed E-state index contributed by atoms with van der Waals surface area (Å²) < 4.78 is 0. The van der Waals surface area contributed by atoms with Crippen molar-refractivity contribution >= 4 is 23.2 Å². The first kappa shape index (κ1) is 12.5. The summed E-state index contributed by atoms with van der Waals surface area (Å²) in [6.45, 7) is 3.74. The molecule has 92 valence electrons. The summed E-state index contributed by atoms with van der Waals surface area (Å²) in [4.78, 5) is 20.2. The molecule has 5 heteroatoms. The predicted octanol–water partition coefficient (Wildman–Crippen LogP) is 3.00. The lowest BCUT2D eigenvalue weighted by atomic mass is 10.2. The second-order valence-corrected chi connectivity index (χ2v) is 4.27. The lowest BCUT2D eigenvalue weighted by Crippen LogP contribution is -2.14. The summed E-state index contributed by atoms with van der Waals surface area (Å²) >= 11 is 5.74. The minimum absolute atomic E-state index is 0.280. The average Bonchev–Trinajstić information content (AvgIpc) is 2.32. The number of aryl methyl sites for hydroxylation is 2. The average molecular weight is 262 g/mol. The number of anilines is 1. The molecule has 0 fully saturated rings. The van der Waals surface area contributed by atoms with Gasteiger partial charge in [0.15, 0.2) is 0 Å². The first-order chi connectivity index (χ1) is 8.56. The van der Waals surface area contributed by atoms with E-state index < -0.39 is 0 Å². The lowest BCUT2D eigenvalue weighted by Gasteiger charge is -2.07. The molecule has 4 nitrogen and oxygen atoms in total. The molecule has 0 aliphatic heterocycles. The van der Waals surface area contributed by atoms with Crippen LogP contribution in [0.1, 0.15) is 21.9 Å². The molecule has 18 heavy (non-hydrogen) atoms. The van der Waals surface area contributed by atoms with Gasteiger partial charge in [0.05, 0.1) is 11.4 Å². The van der Waals surface area contributed by atoms with Crippen molar-refractivity contribution in [1.82, 2.24) is 9.97 Å². The van der Waals surface area contributed by atoms with Gasteiger partial charge < -0.3 is 5.32 Å². The molecule has 0 atom stereocenters. The molecule has 0 radical (unpaired) electrons. The number of nitrogens with zero attached hydrogens (tertiary/aromatic N) is 2. The zero-order valence-electron chi connectivity index (χ0n) is 10.1. The molecule has 2 aromatic rings. The van der Waals surface area contributed by atoms with Crippen molar-refractivity contribution in [2.24, 2.45) is 0 Å². The van der Waals surface area contributed by atoms with Crippen molar-refractivity contribution in [3.63, 3.8) is 0 Å². The third-order valence-corrected chi connectivity index (χ3v) is 2.63. The van der Waals surface area contributed by atoms with Crippen LogP contribution in [-0.2, 0) is 0 Å². The molecule has 0 unspecified atom stereocenters. The van der Waals surface area contributed by atoms with Crippen LogP contribution in [0.4, 0.5) is 5.69 Å². The first-order valence-corrected chi connectivity index (χ1v) is 5.82. The van der Waals surface area contributed by atoms with Crippen LogP contribution in [0.15, 0.2) is 30.3 Å². The van der Waals surface area contributed by atoms with E-state index in [1.54, 1.807) is 18.2 Å². The molecule has 2 aromatic heterocycles. The maximum absolute atomic E-state index is 11.9. The van der Waals surface area contributed by atoms with E-state index in [0.29, 0.717) is 10.8 Å². The van der Waals surface area contributed by atoms with Crippen LogP contribution >= 0.6 is 11.6 Å². The summed E-state index contributed by atoms with van der Waals surface area (Å²) in [5, 5.41) is 3.05. The van der Waals surface area contributed by atoms with Crippen molar-refractivity contribution in [1.29, 1.82) is 0 Å². The van der Waals surface area contributed by atoms with Crippen LogP contribution in [0.25, 0.3) is 0 Å². The third-order valence-electron chi connectivity index (χ3n) is 2.42. The van der Waals surface area contributed by atoms with Crippen molar-refractivity contribution < 1.29 is 4.79 Å². The zero-order chi connectivity index (χ0) is 13.1. The van der Waals surface area contributed by atoms with Crippen LogP contribution in [0.2, 0.25) is 5.15 Å². The Balaban J connectivity index is 2.21. The number of amides is 1. The summed E-state index contributed by atoms with van der Waals surface area (Å²) in [6.07, 6.45) is 0. The summed E-state index contributed by atoms with van der Waals surface area (Å²) in [5.74, 6) is -0.300. The Morgan fingerprint density at radius 3 is 2.61 bits per heavy atom. The molecule has 0 saturated heterocycles. The number of nitrogens with one attached hydrogen (secondary N) is 1. The Kier molecular flexibility index (Phi) is 3.58. The van der Waals surface area contributed by atoms with E-state index in [1.165, 1.54) is 0 Å². The quantitative estimate of drug-likeness (QED) is 0.846. The van der Waals surface area contributed by atoms with Crippen molar-refractivity contribution in [2.75, 3.05) is 5.32 Å². The molecule has 0 bridgehead atoms. The molecule has 2 heterocycles. The Bertz CT molecular complexity index is 599. The second kappa shape index (κ2) is 5.14. The number of carbonyl (C=O) groups is 1. The maximum atomic E-state index is 11.9. The first-order valence-electron chi connectivity index (χ1n) is 5.44. The molecule has 0 spiro atoms. The van der Waals surface area contributed by atoms with Gasteiger partial charge in [-0.1, -0.05) is 17.7 Å². The fourth-order valence-electron chi connectivity index (χ4n) is 1.54. The SMILES string of the molecule is Cc1ccc(NC(=O)c2cccc(Cl)n2)c(C)n1. The maximum Gasteiger partial charge on any atom is 0.274 e. The van der Waals surface area contributed by atoms with Gasteiger partial charge in [-0.2, -0.15) is 0 Å². The summed E-state index contributed by atoms with van der Waals surface area (Å²) in [7, 11) is 0. The molecule has 0 aliphatic rings. The topological polar surface area (TPSA) is 54.9 Å². The van der Waals surface area contributed by atoms with Gasteiger partial charge in [0.1, 0.15) is 10.8 Å². The van der Waals surface area contributed by atoms with Gasteiger partial charge in [0, 0.05) is 5.69 Å². The summed E-state index contributed by atoms with van der Waals surface area (Å²) in [5.41, 5.74) is 2.63. The van der Waals surface area contributed by atoms with Gasteiger partial charge in [0.2, 0.25) is 0 Å². The Morgan fingerprint density at radius 2 is 1.94 bits per heavy atom. The third kappa shape index (κ3) is 2.84. The van der Waals surface area contributed by atoms with Gasteiger partial charge >= 0.3 is 0 Å². The van der Waals surface area contributed by atoms with E-state index in [2.05, 4.69) is 15.3 Å². The zero-order valence-corrected chi connectivity index (χ0v) is 10.8. The number of carbonyl (C=O) groups excluding carboxylic acids is 1. The highest BCUT2D eigenvalue weighted by atomic mass is 35.5. The predicted molar refractivity (Wildman–Crippen MR) is 70.9 cm³/mol. The fraction of sp³-hybridized carbons (Fsp3) is 0.154. The summed E-state index contributed by atoms with van der Waals surface area (Å²) in [6, 6.07) is 8.58. The standard InChI is InChI=1S/C13H12ClN3O/c1-8-6-7-10(9(2)15-8)17-13(18)11-4-3-5-12(14)16-11/h3-7H,1-2H3,(H,17,18). The monoisotopic (exact) mass is 261 g/mol. The number of aromatic nitrogens is 2. The molecular weight excluding hydrogens is 250 g/mol. The van der Waals surface area contributed by atoms with Gasteiger partial charge in [-0.15, -0.1) is 0 Å². The van der Waals surface area contributed by atoms with Crippen LogP contribution in [0.5, 0.6) is 0 Å². The normalized spacial score (nSPS) is 10.2. The minimum Gasteiger partial charge on any atom is -0.319 e. The van der Waals surface area contributed by atoms with E-state index >= 15 is 0 Å². The molecule has 1 amide bonds. The molecule has 2 rings (SSSR count). The number of pyridine rings is 2. The van der Waals surface area contributed by atoms with E-state index in [9.17, 15) is 4.79 Å². The van der Waals surface area contributed by atoms with E-state index in [-0.39, 0.29) is 11.6 Å². The number of hydrogen-bond acceptors (Lipinski definition) is 3. The smallest absolute Gasteiger partial charge is 0.274 e. The fourth-order valence-corrected chi connectivity index (χ4v) is 1.70. The highest BCUT2D eigenvalue weighted by Crippen LogP contribution is 2.14. The van der Waals surface area contributed by atoms with Gasteiger partial charge in [-0.25, -0.2) is 4.98 Å². The van der Waals surface area contributed by atoms with Crippen LogP contribution in [0, 0.1) is 13.8 Å². The number of halogens is 1.